The largest absolute Gasteiger partial charge is 0.465 e. The molecule has 0 aliphatic heterocycles. The summed E-state index contributed by atoms with van der Waals surface area (Å²) in [5.74, 6) is 0. The standard InChI is InChI=1S/C17H16ClN3O5/c1-16(24)8-17(9-16,20-15(22)23)11-4-2-10(3-5-11)14-13(18)6-12(7-19-14)21(25)26/h2-7,20,24H,8-9H2,1H3,(H,22,23)/t16-,17+. The van der Waals surface area contributed by atoms with Crippen LogP contribution in [0.25, 0.3) is 11.3 Å². The van der Waals surface area contributed by atoms with Crippen LogP contribution in [0, 0.1) is 10.1 Å². The molecule has 1 aliphatic carbocycles. The Kier molecular flexibility index (Phi) is 4.33. The van der Waals surface area contributed by atoms with Crippen molar-refractivity contribution in [3.05, 3.63) is 57.2 Å². The molecule has 1 amide bonds. The van der Waals surface area contributed by atoms with E-state index >= 15 is 0 Å². The van der Waals surface area contributed by atoms with E-state index in [0.717, 1.165) is 6.20 Å². The van der Waals surface area contributed by atoms with Crippen molar-refractivity contribution in [2.24, 2.45) is 0 Å². The van der Waals surface area contributed by atoms with Crippen LogP contribution in [0.15, 0.2) is 36.5 Å². The highest BCUT2D eigenvalue weighted by Gasteiger charge is 2.53. The Bertz CT molecular complexity index is 874. The fourth-order valence-corrected chi connectivity index (χ4v) is 3.77. The van der Waals surface area contributed by atoms with Gasteiger partial charge in [0, 0.05) is 24.5 Å². The zero-order valence-corrected chi connectivity index (χ0v) is 14.5. The number of carboxylic acid groups (broad SMARTS) is 1. The van der Waals surface area contributed by atoms with E-state index < -0.39 is 22.2 Å². The number of hydrogen-bond acceptors (Lipinski definition) is 5. The zero-order valence-electron chi connectivity index (χ0n) is 13.8. The van der Waals surface area contributed by atoms with Gasteiger partial charge in [-0.15, -0.1) is 0 Å². The van der Waals surface area contributed by atoms with Gasteiger partial charge < -0.3 is 15.5 Å². The molecule has 0 spiro atoms. The Morgan fingerprint density at radius 1 is 1.35 bits per heavy atom. The van der Waals surface area contributed by atoms with Gasteiger partial charge >= 0.3 is 6.09 Å². The average Bonchev–Trinajstić information content (AvgIpc) is 2.52. The number of nitrogens with one attached hydrogen (secondary N) is 1. The molecule has 8 nitrogen and oxygen atoms in total. The summed E-state index contributed by atoms with van der Waals surface area (Å²) in [6.45, 7) is 1.66. The van der Waals surface area contributed by atoms with Gasteiger partial charge in [0.25, 0.3) is 5.69 Å². The van der Waals surface area contributed by atoms with Crippen molar-refractivity contribution in [3.8, 4) is 11.3 Å². The molecule has 2 aromatic rings. The molecule has 1 aliphatic rings. The van der Waals surface area contributed by atoms with Crippen LogP contribution < -0.4 is 5.32 Å². The molecule has 1 heterocycles. The molecule has 1 aromatic carbocycles. The molecule has 1 fully saturated rings. The van der Waals surface area contributed by atoms with Crippen LogP contribution in [-0.4, -0.2) is 31.8 Å². The van der Waals surface area contributed by atoms with Gasteiger partial charge in [-0.05, 0) is 12.5 Å². The fraction of sp³-hybridized carbons (Fsp3) is 0.294. The lowest BCUT2D eigenvalue weighted by atomic mass is 9.62. The number of pyridine rings is 1. The van der Waals surface area contributed by atoms with Crippen molar-refractivity contribution in [1.29, 1.82) is 0 Å². The van der Waals surface area contributed by atoms with Crippen LogP contribution in [0.5, 0.6) is 0 Å². The number of aromatic nitrogens is 1. The van der Waals surface area contributed by atoms with Crippen molar-refractivity contribution in [1.82, 2.24) is 10.3 Å². The molecule has 0 saturated heterocycles. The summed E-state index contributed by atoms with van der Waals surface area (Å²) in [7, 11) is 0. The smallest absolute Gasteiger partial charge is 0.405 e. The lowest BCUT2D eigenvalue weighted by Crippen LogP contribution is -2.61. The average molecular weight is 378 g/mol. The highest BCUT2D eigenvalue weighted by atomic mass is 35.5. The Morgan fingerprint density at radius 2 is 1.96 bits per heavy atom. The lowest BCUT2D eigenvalue weighted by molar-refractivity contribution is -0.385. The maximum absolute atomic E-state index is 11.1. The quantitative estimate of drug-likeness (QED) is 0.554. The Morgan fingerprint density at radius 3 is 2.42 bits per heavy atom. The number of halogens is 1. The summed E-state index contributed by atoms with van der Waals surface area (Å²) in [5, 5.41) is 32.6. The van der Waals surface area contributed by atoms with E-state index in [1.165, 1.54) is 6.07 Å². The van der Waals surface area contributed by atoms with Crippen LogP contribution in [0.1, 0.15) is 25.3 Å². The number of carbonyl (C=O) groups is 1. The van der Waals surface area contributed by atoms with Gasteiger partial charge in [0.05, 0.1) is 26.8 Å². The number of rotatable bonds is 4. The minimum Gasteiger partial charge on any atom is -0.465 e. The summed E-state index contributed by atoms with van der Waals surface area (Å²) >= 11 is 6.09. The van der Waals surface area contributed by atoms with Crippen LogP contribution in [0.3, 0.4) is 0 Å². The molecule has 3 N–H and O–H groups in total. The third-order valence-corrected chi connectivity index (χ3v) is 4.75. The van der Waals surface area contributed by atoms with E-state index in [4.69, 9.17) is 16.7 Å². The number of nitrogens with zero attached hydrogens (tertiary/aromatic N) is 2. The predicted octanol–water partition coefficient (Wildman–Crippen LogP) is 3.32. The predicted molar refractivity (Wildman–Crippen MR) is 94.0 cm³/mol. The molecule has 0 atom stereocenters. The molecule has 26 heavy (non-hydrogen) atoms. The van der Waals surface area contributed by atoms with Crippen molar-refractivity contribution in [2.45, 2.75) is 30.9 Å². The second-order valence-corrected chi connectivity index (χ2v) is 7.13. The SMILES string of the molecule is C[C@]1(O)C[C@](NC(=O)O)(c2ccc(-c3ncc([N+](=O)[O-])cc3Cl)cc2)C1. The van der Waals surface area contributed by atoms with E-state index in [9.17, 15) is 20.0 Å². The third-order valence-electron chi connectivity index (χ3n) is 4.46. The monoisotopic (exact) mass is 377 g/mol. The lowest BCUT2D eigenvalue weighted by Gasteiger charge is -2.51. The molecule has 0 bridgehead atoms. The Labute approximate surface area is 153 Å². The number of aliphatic hydroxyl groups is 1. The molecule has 0 radical (unpaired) electrons. The number of amides is 1. The molecular formula is C17H16ClN3O5. The van der Waals surface area contributed by atoms with E-state index in [-0.39, 0.29) is 23.6 Å². The van der Waals surface area contributed by atoms with Crippen LogP contribution in [0.4, 0.5) is 10.5 Å². The zero-order chi connectivity index (χ0) is 19.1. The first kappa shape index (κ1) is 18.1. The highest BCUT2D eigenvalue weighted by Crippen LogP contribution is 2.48. The third kappa shape index (κ3) is 3.33. The van der Waals surface area contributed by atoms with Gasteiger partial charge in [-0.1, -0.05) is 35.9 Å². The van der Waals surface area contributed by atoms with E-state index in [0.29, 0.717) is 16.8 Å². The molecule has 136 valence electrons. The van der Waals surface area contributed by atoms with E-state index in [1.54, 1.807) is 31.2 Å². The molecule has 9 heteroatoms. The summed E-state index contributed by atoms with van der Waals surface area (Å²) in [4.78, 5) is 25.4. The van der Waals surface area contributed by atoms with Crippen molar-refractivity contribution in [2.75, 3.05) is 0 Å². The van der Waals surface area contributed by atoms with Crippen LogP contribution >= 0.6 is 11.6 Å². The topological polar surface area (TPSA) is 126 Å². The summed E-state index contributed by atoms with van der Waals surface area (Å²) < 4.78 is 0. The van der Waals surface area contributed by atoms with Crippen LogP contribution in [0.2, 0.25) is 5.02 Å². The number of benzene rings is 1. The van der Waals surface area contributed by atoms with Gasteiger partial charge in [0.2, 0.25) is 0 Å². The highest BCUT2D eigenvalue weighted by molar-refractivity contribution is 6.33. The normalized spacial score (nSPS) is 24.6. The van der Waals surface area contributed by atoms with Gasteiger partial charge in [-0.25, -0.2) is 9.78 Å². The molecule has 3 rings (SSSR count). The first-order valence-corrected chi connectivity index (χ1v) is 8.14. The first-order chi connectivity index (χ1) is 12.1. The van der Waals surface area contributed by atoms with E-state index in [1.807, 2.05) is 0 Å². The maximum atomic E-state index is 11.1. The second-order valence-electron chi connectivity index (χ2n) is 6.72. The fourth-order valence-electron chi connectivity index (χ4n) is 3.51. The van der Waals surface area contributed by atoms with Gasteiger partial charge in [0.15, 0.2) is 0 Å². The summed E-state index contributed by atoms with van der Waals surface area (Å²) in [6.07, 6.45) is 0.500. The Hall–Kier alpha value is -2.71. The van der Waals surface area contributed by atoms with Gasteiger partial charge in [0.1, 0.15) is 6.20 Å². The minimum atomic E-state index is -1.16. The molecular weight excluding hydrogens is 362 g/mol. The second kappa shape index (κ2) is 6.22. The van der Waals surface area contributed by atoms with Gasteiger partial charge in [-0.3, -0.25) is 10.1 Å². The van der Waals surface area contributed by atoms with Crippen LogP contribution in [-0.2, 0) is 5.54 Å². The molecule has 0 unspecified atom stereocenters. The molecule has 1 saturated carbocycles. The van der Waals surface area contributed by atoms with E-state index in [2.05, 4.69) is 10.3 Å². The number of hydrogen-bond donors (Lipinski definition) is 3. The minimum absolute atomic E-state index is 0.150. The van der Waals surface area contributed by atoms with Crippen molar-refractivity contribution < 1.29 is 19.9 Å². The Balaban J connectivity index is 1.91. The summed E-state index contributed by atoms with van der Waals surface area (Å²) in [6, 6.07) is 8.13. The van der Waals surface area contributed by atoms with Crippen molar-refractivity contribution in [3.63, 3.8) is 0 Å². The number of nitro groups is 1. The first-order valence-electron chi connectivity index (χ1n) is 7.76. The summed E-state index contributed by atoms with van der Waals surface area (Å²) in [5.41, 5.74) is -0.218. The molecule has 1 aromatic heterocycles. The maximum Gasteiger partial charge on any atom is 0.405 e. The van der Waals surface area contributed by atoms with Crippen molar-refractivity contribution >= 4 is 23.4 Å². The van der Waals surface area contributed by atoms with Gasteiger partial charge in [-0.2, -0.15) is 0 Å².